The quantitative estimate of drug-likeness (QED) is 0.642. The maximum atomic E-state index is 12.4. The Bertz CT molecular complexity index is 1190. The predicted octanol–water partition coefficient (Wildman–Crippen LogP) is 3.80. The summed E-state index contributed by atoms with van der Waals surface area (Å²) in [6.07, 6.45) is -0.169. The zero-order chi connectivity index (χ0) is 19.8. The maximum Gasteiger partial charge on any atom is 0.249 e. The van der Waals surface area contributed by atoms with E-state index in [2.05, 4.69) is 11.1 Å². The normalized spacial score (nSPS) is 12.7. The minimum Gasteiger partial charge on any atom is -0.319 e. The summed E-state index contributed by atoms with van der Waals surface area (Å²) in [5, 5.41) is 0.461. The van der Waals surface area contributed by atoms with E-state index in [1.54, 1.807) is 0 Å². The lowest BCUT2D eigenvalue weighted by atomic mass is 10.1. The molecule has 0 aliphatic rings. The first-order valence-corrected chi connectivity index (χ1v) is 11.1. The summed E-state index contributed by atoms with van der Waals surface area (Å²) in [6.45, 7) is 4.05. The van der Waals surface area contributed by atoms with Crippen molar-refractivity contribution in [2.24, 2.45) is 12.0 Å². The third kappa shape index (κ3) is 4.31. The molecule has 0 fully saturated rings. The van der Waals surface area contributed by atoms with Crippen molar-refractivity contribution in [1.82, 2.24) is 4.57 Å². The summed E-state index contributed by atoms with van der Waals surface area (Å²) in [6, 6.07) is 10.0. The first-order chi connectivity index (χ1) is 12.7. The minimum atomic E-state index is -3.55. The molecule has 0 unspecified atom stereocenters. The number of carbonyl (C=O) groups excluding carboxylic acids is 1. The summed E-state index contributed by atoms with van der Waals surface area (Å²) in [5.41, 5.74) is 3.28. The average Bonchev–Trinajstić information content (AvgIpc) is 2.90. The highest BCUT2D eigenvalue weighted by Gasteiger charge is 2.16. The standard InChI is InChI=1S/C19H19ClN2O3S2/c1-12-10-13(2)18-16(11-12)22(3)19(26-18)21-17(23)8-9-27(24,25)15-6-4-14(20)5-7-15/h4-7,10-11H,8-9H2,1-3H3. The number of amides is 1. The Kier molecular flexibility index (Phi) is 5.55. The third-order valence-electron chi connectivity index (χ3n) is 4.22. The molecule has 2 aromatic carbocycles. The molecule has 3 aromatic rings. The van der Waals surface area contributed by atoms with Gasteiger partial charge in [-0.25, -0.2) is 8.42 Å². The van der Waals surface area contributed by atoms with Crippen molar-refractivity contribution in [3.8, 4) is 0 Å². The fourth-order valence-corrected chi connectivity index (χ4v) is 5.26. The topological polar surface area (TPSA) is 68.5 Å². The number of thiazole rings is 1. The number of carbonyl (C=O) groups is 1. The molecule has 1 heterocycles. The van der Waals surface area contributed by atoms with Gasteiger partial charge < -0.3 is 4.57 Å². The molecule has 0 saturated heterocycles. The summed E-state index contributed by atoms with van der Waals surface area (Å²) < 4.78 is 27.6. The van der Waals surface area contributed by atoms with Crippen molar-refractivity contribution in [1.29, 1.82) is 0 Å². The molecular formula is C19H19ClN2O3S2. The Balaban J connectivity index is 1.83. The second-order valence-electron chi connectivity index (χ2n) is 6.40. The smallest absolute Gasteiger partial charge is 0.249 e. The van der Waals surface area contributed by atoms with Gasteiger partial charge in [0.1, 0.15) is 0 Å². The van der Waals surface area contributed by atoms with Crippen molar-refractivity contribution in [3.05, 3.63) is 57.3 Å². The van der Waals surface area contributed by atoms with Gasteiger partial charge in [-0.15, -0.1) is 0 Å². The number of rotatable bonds is 4. The Morgan fingerprint density at radius 3 is 2.52 bits per heavy atom. The van der Waals surface area contributed by atoms with Crippen LogP contribution < -0.4 is 4.80 Å². The van der Waals surface area contributed by atoms with Crippen LogP contribution in [0.1, 0.15) is 17.5 Å². The number of fused-ring (bicyclic) bond motifs is 1. The summed E-state index contributed by atoms with van der Waals surface area (Å²) in [5.74, 6) is -0.743. The van der Waals surface area contributed by atoms with Gasteiger partial charge in [-0.3, -0.25) is 4.79 Å². The Labute approximate surface area is 166 Å². The molecule has 0 atom stereocenters. The van der Waals surface area contributed by atoms with Crippen molar-refractivity contribution in [3.63, 3.8) is 0 Å². The zero-order valence-corrected chi connectivity index (χ0v) is 17.6. The van der Waals surface area contributed by atoms with Crippen LogP contribution in [0.15, 0.2) is 46.3 Å². The van der Waals surface area contributed by atoms with E-state index in [9.17, 15) is 13.2 Å². The number of aryl methyl sites for hydroxylation is 3. The number of benzene rings is 2. The molecule has 0 radical (unpaired) electrons. The van der Waals surface area contributed by atoms with Crippen LogP contribution in [0.2, 0.25) is 5.02 Å². The second-order valence-corrected chi connectivity index (χ2v) is 9.93. The number of hydrogen-bond acceptors (Lipinski definition) is 4. The van der Waals surface area contributed by atoms with Gasteiger partial charge in [-0.2, -0.15) is 4.99 Å². The highest BCUT2D eigenvalue weighted by atomic mass is 35.5. The molecule has 0 spiro atoms. The van der Waals surface area contributed by atoms with E-state index in [-0.39, 0.29) is 17.1 Å². The minimum absolute atomic E-state index is 0.151. The van der Waals surface area contributed by atoms with Crippen molar-refractivity contribution in [2.45, 2.75) is 25.2 Å². The maximum absolute atomic E-state index is 12.4. The van der Waals surface area contributed by atoms with Crippen LogP contribution in [0, 0.1) is 13.8 Å². The molecule has 27 heavy (non-hydrogen) atoms. The van der Waals surface area contributed by atoms with Crippen LogP contribution in [-0.4, -0.2) is 24.6 Å². The number of aromatic nitrogens is 1. The summed E-state index contributed by atoms with van der Waals surface area (Å²) >= 11 is 7.21. The average molecular weight is 423 g/mol. The molecule has 8 heteroatoms. The molecule has 3 rings (SSSR count). The lowest BCUT2D eigenvalue weighted by Gasteiger charge is -2.03. The first kappa shape index (κ1) is 19.8. The van der Waals surface area contributed by atoms with E-state index in [0.29, 0.717) is 9.82 Å². The number of halogens is 1. The Hall–Kier alpha value is -1.96. The fraction of sp³-hybridized carbons (Fsp3) is 0.263. The third-order valence-corrected chi connectivity index (χ3v) is 7.49. The highest BCUT2D eigenvalue weighted by Crippen LogP contribution is 2.22. The van der Waals surface area contributed by atoms with Crippen LogP contribution in [-0.2, 0) is 21.7 Å². The van der Waals surface area contributed by atoms with Crippen molar-refractivity contribution in [2.75, 3.05) is 5.75 Å². The van der Waals surface area contributed by atoms with Gasteiger partial charge in [-0.05, 0) is 55.3 Å². The molecule has 5 nitrogen and oxygen atoms in total. The van der Waals surface area contributed by atoms with E-state index in [4.69, 9.17) is 11.6 Å². The molecule has 0 saturated carbocycles. The predicted molar refractivity (Wildman–Crippen MR) is 109 cm³/mol. The molecular weight excluding hydrogens is 404 g/mol. The van der Waals surface area contributed by atoms with E-state index >= 15 is 0 Å². The van der Waals surface area contributed by atoms with Crippen LogP contribution in [0.3, 0.4) is 0 Å². The van der Waals surface area contributed by atoms with Gasteiger partial charge in [0, 0.05) is 18.5 Å². The van der Waals surface area contributed by atoms with Gasteiger partial charge in [0.2, 0.25) is 5.91 Å². The number of nitrogens with zero attached hydrogens (tertiary/aromatic N) is 2. The first-order valence-electron chi connectivity index (χ1n) is 8.30. The van der Waals surface area contributed by atoms with E-state index in [0.717, 1.165) is 21.3 Å². The van der Waals surface area contributed by atoms with E-state index in [1.165, 1.54) is 35.6 Å². The van der Waals surface area contributed by atoms with Gasteiger partial charge in [-0.1, -0.05) is 29.0 Å². The largest absolute Gasteiger partial charge is 0.319 e. The Morgan fingerprint density at radius 2 is 1.85 bits per heavy atom. The second kappa shape index (κ2) is 7.58. The van der Waals surface area contributed by atoms with Gasteiger partial charge in [0.15, 0.2) is 14.6 Å². The van der Waals surface area contributed by atoms with Crippen LogP contribution in [0.25, 0.3) is 10.2 Å². The highest BCUT2D eigenvalue weighted by molar-refractivity contribution is 7.91. The lowest BCUT2D eigenvalue weighted by molar-refractivity contribution is -0.117. The molecule has 0 aliphatic heterocycles. The van der Waals surface area contributed by atoms with Gasteiger partial charge in [0.25, 0.3) is 0 Å². The summed E-state index contributed by atoms with van der Waals surface area (Å²) in [7, 11) is -1.70. The van der Waals surface area contributed by atoms with Gasteiger partial charge >= 0.3 is 0 Å². The summed E-state index contributed by atoms with van der Waals surface area (Å²) in [4.78, 5) is 17.1. The molecule has 0 N–H and O–H groups in total. The fourth-order valence-electron chi connectivity index (χ4n) is 2.82. The van der Waals surface area contributed by atoms with E-state index < -0.39 is 15.7 Å². The monoisotopic (exact) mass is 422 g/mol. The van der Waals surface area contributed by atoms with Crippen LogP contribution in [0.5, 0.6) is 0 Å². The van der Waals surface area contributed by atoms with Crippen LogP contribution in [0.4, 0.5) is 0 Å². The van der Waals surface area contributed by atoms with Crippen molar-refractivity contribution >= 4 is 48.9 Å². The van der Waals surface area contributed by atoms with E-state index in [1.807, 2.05) is 31.5 Å². The lowest BCUT2D eigenvalue weighted by Crippen LogP contribution is -2.15. The molecule has 0 aliphatic carbocycles. The Morgan fingerprint density at radius 1 is 1.19 bits per heavy atom. The molecule has 1 amide bonds. The number of hydrogen-bond donors (Lipinski definition) is 0. The molecule has 0 bridgehead atoms. The zero-order valence-electron chi connectivity index (χ0n) is 15.2. The SMILES string of the molecule is Cc1cc(C)c2sc(=NC(=O)CCS(=O)(=O)c3ccc(Cl)cc3)n(C)c2c1. The van der Waals surface area contributed by atoms with Crippen LogP contribution >= 0.6 is 22.9 Å². The van der Waals surface area contributed by atoms with Gasteiger partial charge in [0.05, 0.1) is 20.9 Å². The molecule has 142 valence electrons. The van der Waals surface area contributed by atoms with Crippen molar-refractivity contribution < 1.29 is 13.2 Å². The number of sulfone groups is 1. The molecule has 1 aromatic heterocycles.